The van der Waals surface area contributed by atoms with Gasteiger partial charge in [0, 0.05) is 22.7 Å². The number of anilines is 1. The highest BCUT2D eigenvalue weighted by atomic mass is 32.1. The summed E-state index contributed by atoms with van der Waals surface area (Å²) < 4.78 is 5.63. The monoisotopic (exact) mass is 464 g/mol. The summed E-state index contributed by atoms with van der Waals surface area (Å²) in [5.74, 6) is 0.150. The first kappa shape index (κ1) is 21.7. The molecule has 9 heteroatoms. The van der Waals surface area contributed by atoms with E-state index in [2.05, 4.69) is 20.8 Å². The molecule has 7 nitrogen and oxygen atoms in total. The van der Waals surface area contributed by atoms with Crippen molar-refractivity contribution in [3.05, 3.63) is 92.6 Å². The molecule has 0 radical (unpaired) electrons. The van der Waals surface area contributed by atoms with Crippen LogP contribution in [0.4, 0.5) is 5.69 Å². The second kappa shape index (κ2) is 10.7. The third-order valence-electron chi connectivity index (χ3n) is 4.39. The highest BCUT2D eigenvalue weighted by Gasteiger charge is 2.14. The van der Waals surface area contributed by atoms with Gasteiger partial charge in [0.1, 0.15) is 12.4 Å². The molecule has 2 amide bonds. The largest absolute Gasteiger partial charge is 0.486 e. The van der Waals surface area contributed by atoms with Crippen LogP contribution in [0.3, 0.4) is 0 Å². The van der Waals surface area contributed by atoms with Crippen molar-refractivity contribution in [1.82, 2.24) is 15.5 Å². The first-order chi connectivity index (χ1) is 15.7. The molecule has 2 aromatic carbocycles. The van der Waals surface area contributed by atoms with Gasteiger partial charge in [0.2, 0.25) is 5.01 Å². The fraction of sp³-hybridized carbons (Fsp3) is 0.130. The number of hydrogen-bond donors (Lipinski definition) is 2. The van der Waals surface area contributed by atoms with Crippen LogP contribution in [-0.4, -0.2) is 28.6 Å². The van der Waals surface area contributed by atoms with Gasteiger partial charge in [0.15, 0.2) is 5.01 Å². The van der Waals surface area contributed by atoms with Crippen molar-refractivity contribution < 1.29 is 14.3 Å². The molecule has 0 bridgehead atoms. The molecule has 0 atom stereocenters. The summed E-state index contributed by atoms with van der Waals surface area (Å²) in [6.07, 6.45) is 0.785. The SMILES string of the molecule is O=C(NCCc1cccs1)c1cccc(NC(=O)c2nnc(COc3ccccc3)s2)c1. The molecule has 0 saturated carbocycles. The maximum atomic E-state index is 12.5. The maximum Gasteiger partial charge on any atom is 0.286 e. The molecule has 2 heterocycles. The van der Waals surface area contributed by atoms with Crippen LogP contribution < -0.4 is 15.4 Å². The Bertz CT molecular complexity index is 1180. The van der Waals surface area contributed by atoms with Crippen LogP contribution in [0.2, 0.25) is 0 Å². The van der Waals surface area contributed by atoms with Crippen LogP contribution >= 0.6 is 22.7 Å². The predicted octanol–water partition coefficient (Wildman–Crippen LogP) is 4.40. The zero-order valence-electron chi connectivity index (χ0n) is 17.0. The van der Waals surface area contributed by atoms with Gasteiger partial charge in [0.05, 0.1) is 0 Å². The zero-order chi connectivity index (χ0) is 22.2. The Labute approximate surface area is 193 Å². The van der Waals surface area contributed by atoms with Crippen LogP contribution in [0, 0.1) is 0 Å². The molecule has 162 valence electrons. The van der Waals surface area contributed by atoms with E-state index in [1.807, 2.05) is 47.8 Å². The van der Waals surface area contributed by atoms with Gasteiger partial charge in [-0.05, 0) is 48.2 Å². The molecule has 2 N–H and O–H groups in total. The third kappa shape index (κ3) is 5.99. The van der Waals surface area contributed by atoms with Crippen LogP contribution in [0.25, 0.3) is 0 Å². The minimum atomic E-state index is -0.385. The Hall–Kier alpha value is -3.56. The smallest absolute Gasteiger partial charge is 0.286 e. The van der Waals surface area contributed by atoms with Crippen molar-refractivity contribution >= 4 is 40.2 Å². The Morgan fingerprint density at radius 1 is 0.938 bits per heavy atom. The number of hydrogen-bond acceptors (Lipinski definition) is 7. The predicted molar refractivity (Wildman–Crippen MR) is 125 cm³/mol. The highest BCUT2D eigenvalue weighted by molar-refractivity contribution is 7.13. The summed E-state index contributed by atoms with van der Waals surface area (Å²) in [6, 6.07) is 20.2. The highest BCUT2D eigenvalue weighted by Crippen LogP contribution is 2.17. The molecule has 2 aromatic heterocycles. The standard InChI is InChI=1S/C23H20N4O3S2/c28-21(24-12-11-19-10-5-13-31-19)16-6-4-7-17(14-16)25-22(29)23-27-26-20(32-23)15-30-18-8-2-1-3-9-18/h1-10,13-14H,11-12,15H2,(H,24,28)(H,25,29). The number of para-hydroxylation sites is 1. The number of thiophene rings is 1. The molecule has 4 aromatic rings. The fourth-order valence-electron chi connectivity index (χ4n) is 2.84. The number of carbonyl (C=O) groups excluding carboxylic acids is 2. The maximum absolute atomic E-state index is 12.5. The van der Waals surface area contributed by atoms with Crippen LogP contribution in [0.1, 0.15) is 30.0 Å². The van der Waals surface area contributed by atoms with E-state index in [4.69, 9.17) is 4.74 Å². The van der Waals surface area contributed by atoms with Gasteiger partial charge in [-0.2, -0.15) is 0 Å². The number of carbonyl (C=O) groups is 2. The molecular formula is C23H20N4O3S2. The van der Waals surface area contributed by atoms with E-state index in [0.29, 0.717) is 22.8 Å². The molecule has 0 fully saturated rings. The topological polar surface area (TPSA) is 93.2 Å². The molecule has 0 aliphatic carbocycles. The Kier molecular flexibility index (Phi) is 7.21. The van der Waals surface area contributed by atoms with E-state index < -0.39 is 0 Å². The van der Waals surface area contributed by atoms with E-state index in [9.17, 15) is 9.59 Å². The molecule has 0 aliphatic rings. The van der Waals surface area contributed by atoms with E-state index >= 15 is 0 Å². The Morgan fingerprint density at radius 3 is 2.62 bits per heavy atom. The quantitative estimate of drug-likeness (QED) is 0.383. The van der Waals surface area contributed by atoms with Crippen molar-refractivity contribution in [2.24, 2.45) is 0 Å². The van der Waals surface area contributed by atoms with E-state index in [1.54, 1.807) is 35.6 Å². The van der Waals surface area contributed by atoms with Crippen molar-refractivity contribution in [3.8, 4) is 5.75 Å². The van der Waals surface area contributed by atoms with Gasteiger partial charge in [-0.25, -0.2) is 0 Å². The lowest BCUT2D eigenvalue weighted by molar-refractivity contribution is 0.0952. The zero-order valence-corrected chi connectivity index (χ0v) is 18.6. The van der Waals surface area contributed by atoms with Gasteiger partial charge in [0.25, 0.3) is 11.8 Å². The molecule has 4 rings (SSSR count). The number of benzene rings is 2. The molecular weight excluding hydrogens is 444 g/mol. The number of amides is 2. The Morgan fingerprint density at radius 2 is 1.81 bits per heavy atom. The first-order valence-corrected chi connectivity index (χ1v) is 11.6. The average molecular weight is 465 g/mol. The molecule has 0 aliphatic heterocycles. The molecule has 0 unspecified atom stereocenters. The molecule has 32 heavy (non-hydrogen) atoms. The van der Waals surface area contributed by atoms with E-state index in [0.717, 1.165) is 23.5 Å². The summed E-state index contributed by atoms with van der Waals surface area (Å²) in [6.45, 7) is 0.782. The summed E-state index contributed by atoms with van der Waals surface area (Å²) in [4.78, 5) is 26.2. The second-order valence-electron chi connectivity index (χ2n) is 6.72. The van der Waals surface area contributed by atoms with Crippen molar-refractivity contribution in [3.63, 3.8) is 0 Å². The fourth-order valence-corrected chi connectivity index (χ4v) is 4.20. The lowest BCUT2D eigenvalue weighted by Gasteiger charge is -2.07. The van der Waals surface area contributed by atoms with Gasteiger partial charge in [-0.1, -0.05) is 41.7 Å². The van der Waals surface area contributed by atoms with Gasteiger partial charge < -0.3 is 15.4 Å². The molecule has 0 saturated heterocycles. The first-order valence-electron chi connectivity index (χ1n) is 9.89. The summed E-state index contributed by atoms with van der Waals surface area (Å²) >= 11 is 2.83. The lowest BCUT2D eigenvalue weighted by atomic mass is 10.2. The lowest BCUT2D eigenvalue weighted by Crippen LogP contribution is -2.25. The summed E-state index contributed by atoms with van der Waals surface area (Å²) in [7, 11) is 0. The van der Waals surface area contributed by atoms with Crippen molar-refractivity contribution in [1.29, 1.82) is 0 Å². The molecule has 0 spiro atoms. The minimum Gasteiger partial charge on any atom is -0.486 e. The van der Waals surface area contributed by atoms with E-state index in [1.165, 1.54) is 4.88 Å². The summed E-state index contributed by atoms with van der Waals surface area (Å²) in [5.41, 5.74) is 0.987. The normalized spacial score (nSPS) is 10.5. The third-order valence-corrected chi connectivity index (χ3v) is 6.22. The summed E-state index contributed by atoms with van der Waals surface area (Å²) in [5, 5.41) is 16.5. The van der Waals surface area contributed by atoms with Gasteiger partial charge in [-0.15, -0.1) is 21.5 Å². The number of nitrogens with one attached hydrogen (secondary N) is 2. The minimum absolute atomic E-state index is 0.186. The van der Waals surface area contributed by atoms with Gasteiger partial charge in [-0.3, -0.25) is 9.59 Å². The van der Waals surface area contributed by atoms with Gasteiger partial charge >= 0.3 is 0 Å². The number of ether oxygens (including phenoxy) is 1. The van der Waals surface area contributed by atoms with Crippen molar-refractivity contribution in [2.75, 3.05) is 11.9 Å². The average Bonchev–Trinajstić information content (AvgIpc) is 3.51. The Balaban J connectivity index is 1.30. The van der Waals surface area contributed by atoms with Crippen LogP contribution in [0.5, 0.6) is 5.75 Å². The number of aromatic nitrogens is 2. The van der Waals surface area contributed by atoms with E-state index in [-0.39, 0.29) is 23.4 Å². The van der Waals surface area contributed by atoms with Crippen LogP contribution in [0.15, 0.2) is 72.1 Å². The van der Waals surface area contributed by atoms with Crippen LogP contribution in [-0.2, 0) is 13.0 Å². The second-order valence-corrected chi connectivity index (χ2v) is 8.82. The van der Waals surface area contributed by atoms with Crippen molar-refractivity contribution in [2.45, 2.75) is 13.0 Å². The number of nitrogens with zero attached hydrogens (tertiary/aromatic N) is 2. The number of rotatable bonds is 9.